The van der Waals surface area contributed by atoms with Gasteiger partial charge in [0.1, 0.15) is 12.4 Å². The maximum atomic E-state index is 13.2. The van der Waals surface area contributed by atoms with Gasteiger partial charge in [0, 0.05) is 30.2 Å². The van der Waals surface area contributed by atoms with Gasteiger partial charge in [0.25, 0.3) is 0 Å². The summed E-state index contributed by atoms with van der Waals surface area (Å²) in [5.41, 5.74) is 3.70. The molecule has 4 rings (SSSR count). The van der Waals surface area contributed by atoms with Gasteiger partial charge >= 0.3 is 0 Å². The average Bonchev–Trinajstić information content (AvgIpc) is 2.88. The van der Waals surface area contributed by atoms with E-state index in [9.17, 15) is 4.79 Å². The standard InChI is InChI=1S/C21H23ClN2O2/c1-15(23-9-8-16-4-2-3-5-17(16)13-23)21(25)24-10-11-26-20-7-6-19(22)12-18(20)14-24/h2-7,12,15H,8-11,13-14H2,1H3/t15-/m0/s1. The lowest BCUT2D eigenvalue weighted by molar-refractivity contribution is -0.137. The number of halogens is 1. The first kappa shape index (κ1) is 17.4. The van der Waals surface area contributed by atoms with Gasteiger partial charge in [0.2, 0.25) is 5.91 Å². The number of fused-ring (bicyclic) bond motifs is 2. The Balaban J connectivity index is 1.49. The highest BCUT2D eigenvalue weighted by atomic mass is 35.5. The van der Waals surface area contributed by atoms with E-state index in [1.54, 1.807) is 0 Å². The molecule has 2 aliphatic rings. The lowest BCUT2D eigenvalue weighted by Gasteiger charge is -2.35. The predicted octanol–water partition coefficient (Wildman–Crippen LogP) is 3.51. The van der Waals surface area contributed by atoms with Crippen molar-refractivity contribution in [3.63, 3.8) is 0 Å². The molecule has 0 N–H and O–H groups in total. The Morgan fingerprint density at radius 1 is 1.08 bits per heavy atom. The van der Waals surface area contributed by atoms with Crippen LogP contribution in [0.5, 0.6) is 5.75 Å². The molecule has 0 fully saturated rings. The Kier molecular flexibility index (Phi) is 4.88. The second-order valence-corrected chi connectivity index (χ2v) is 7.46. The highest BCUT2D eigenvalue weighted by Crippen LogP contribution is 2.27. The van der Waals surface area contributed by atoms with Crippen LogP contribution in [0.3, 0.4) is 0 Å². The second-order valence-electron chi connectivity index (χ2n) is 7.03. The Morgan fingerprint density at radius 3 is 2.73 bits per heavy atom. The van der Waals surface area contributed by atoms with Crippen LogP contribution in [0.2, 0.25) is 5.02 Å². The summed E-state index contributed by atoms with van der Waals surface area (Å²) >= 11 is 6.12. The first-order chi connectivity index (χ1) is 12.6. The van der Waals surface area contributed by atoms with Crippen molar-refractivity contribution in [3.05, 3.63) is 64.2 Å². The molecule has 26 heavy (non-hydrogen) atoms. The van der Waals surface area contributed by atoms with Gasteiger partial charge < -0.3 is 9.64 Å². The summed E-state index contributed by atoms with van der Waals surface area (Å²) in [4.78, 5) is 17.3. The molecule has 2 aromatic rings. The lowest BCUT2D eigenvalue weighted by atomic mass is 9.98. The zero-order chi connectivity index (χ0) is 18.1. The quantitative estimate of drug-likeness (QED) is 0.811. The summed E-state index contributed by atoms with van der Waals surface area (Å²) in [5.74, 6) is 0.977. The number of rotatable bonds is 2. The van der Waals surface area contributed by atoms with Crippen LogP contribution in [0.1, 0.15) is 23.6 Å². The average molecular weight is 371 g/mol. The van der Waals surface area contributed by atoms with Crippen molar-refractivity contribution in [3.8, 4) is 5.75 Å². The molecular weight excluding hydrogens is 348 g/mol. The van der Waals surface area contributed by atoms with Crippen LogP contribution in [0.25, 0.3) is 0 Å². The number of nitrogens with zero attached hydrogens (tertiary/aromatic N) is 2. The van der Waals surface area contributed by atoms with Gasteiger partial charge in [0.05, 0.1) is 12.6 Å². The fraction of sp³-hybridized carbons (Fsp3) is 0.381. The molecule has 2 aromatic carbocycles. The van der Waals surface area contributed by atoms with Gasteiger partial charge in [0.15, 0.2) is 0 Å². The van der Waals surface area contributed by atoms with E-state index in [0.29, 0.717) is 24.7 Å². The van der Waals surface area contributed by atoms with Crippen LogP contribution in [0, 0.1) is 0 Å². The molecule has 0 saturated heterocycles. The topological polar surface area (TPSA) is 32.8 Å². The summed E-state index contributed by atoms with van der Waals surface area (Å²) in [7, 11) is 0. The van der Waals surface area contributed by atoms with Crippen molar-refractivity contribution in [1.82, 2.24) is 9.80 Å². The first-order valence-corrected chi connectivity index (χ1v) is 9.50. The van der Waals surface area contributed by atoms with E-state index in [1.165, 1.54) is 11.1 Å². The number of ether oxygens (including phenoxy) is 1. The molecule has 0 unspecified atom stereocenters. The van der Waals surface area contributed by atoms with Gasteiger partial charge in [-0.3, -0.25) is 9.69 Å². The van der Waals surface area contributed by atoms with Gasteiger partial charge in [-0.15, -0.1) is 0 Å². The van der Waals surface area contributed by atoms with E-state index < -0.39 is 0 Å². The SMILES string of the molecule is C[C@@H](C(=O)N1CCOc2ccc(Cl)cc2C1)N1CCc2ccccc2C1. The van der Waals surface area contributed by atoms with Crippen molar-refractivity contribution < 1.29 is 9.53 Å². The highest BCUT2D eigenvalue weighted by Gasteiger charge is 2.30. The van der Waals surface area contributed by atoms with Crippen LogP contribution < -0.4 is 4.74 Å². The molecular formula is C21H23ClN2O2. The zero-order valence-corrected chi connectivity index (χ0v) is 15.7. The fourth-order valence-electron chi connectivity index (χ4n) is 3.82. The first-order valence-electron chi connectivity index (χ1n) is 9.12. The Labute approximate surface area is 159 Å². The van der Waals surface area contributed by atoms with E-state index in [4.69, 9.17) is 16.3 Å². The monoisotopic (exact) mass is 370 g/mol. The van der Waals surface area contributed by atoms with E-state index in [-0.39, 0.29) is 11.9 Å². The number of carbonyl (C=O) groups excluding carboxylic acids is 1. The molecule has 136 valence electrons. The Hall–Kier alpha value is -2.04. The summed E-state index contributed by atoms with van der Waals surface area (Å²) in [5, 5.41) is 0.669. The summed E-state index contributed by atoms with van der Waals surface area (Å²) < 4.78 is 5.79. The van der Waals surface area contributed by atoms with E-state index in [1.807, 2.05) is 30.0 Å². The van der Waals surface area contributed by atoms with Crippen LogP contribution >= 0.6 is 11.6 Å². The summed E-state index contributed by atoms with van der Waals surface area (Å²) in [6, 6.07) is 14.0. The maximum absolute atomic E-state index is 13.2. The number of benzene rings is 2. The number of hydrogen-bond donors (Lipinski definition) is 0. The zero-order valence-electron chi connectivity index (χ0n) is 15.0. The van der Waals surface area contributed by atoms with E-state index >= 15 is 0 Å². The number of amides is 1. The molecule has 0 saturated carbocycles. The maximum Gasteiger partial charge on any atom is 0.240 e. The Bertz CT molecular complexity index is 823. The number of carbonyl (C=O) groups is 1. The minimum atomic E-state index is -0.149. The fourth-order valence-corrected chi connectivity index (χ4v) is 4.01. The van der Waals surface area contributed by atoms with Crippen molar-refractivity contribution in [2.24, 2.45) is 0 Å². The molecule has 4 nitrogen and oxygen atoms in total. The van der Waals surface area contributed by atoms with Crippen molar-refractivity contribution in [2.75, 3.05) is 19.7 Å². The molecule has 1 amide bonds. The minimum absolute atomic E-state index is 0.149. The molecule has 0 aliphatic carbocycles. The van der Waals surface area contributed by atoms with Gasteiger partial charge in [-0.05, 0) is 42.7 Å². The van der Waals surface area contributed by atoms with Crippen LogP contribution in [-0.2, 0) is 24.3 Å². The largest absolute Gasteiger partial charge is 0.491 e. The third-order valence-corrected chi connectivity index (χ3v) is 5.61. The van der Waals surface area contributed by atoms with Crippen molar-refractivity contribution in [2.45, 2.75) is 32.5 Å². The van der Waals surface area contributed by atoms with Gasteiger partial charge in [-0.1, -0.05) is 35.9 Å². The molecule has 5 heteroatoms. The van der Waals surface area contributed by atoms with E-state index in [0.717, 1.165) is 30.8 Å². The van der Waals surface area contributed by atoms with Crippen molar-refractivity contribution in [1.29, 1.82) is 0 Å². The van der Waals surface area contributed by atoms with Crippen LogP contribution in [0.15, 0.2) is 42.5 Å². The third-order valence-electron chi connectivity index (χ3n) is 5.38. The van der Waals surface area contributed by atoms with Crippen LogP contribution in [-0.4, -0.2) is 41.4 Å². The number of hydrogen-bond acceptors (Lipinski definition) is 3. The van der Waals surface area contributed by atoms with E-state index in [2.05, 4.69) is 29.2 Å². The highest BCUT2D eigenvalue weighted by molar-refractivity contribution is 6.30. The van der Waals surface area contributed by atoms with Gasteiger partial charge in [-0.2, -0.15) is 0 Å². The smallest absolute Gasteiger partial charge is 0.240 e. The Morgan fingerprint density at radius 2 is 1.88 bits per heavy atom. The van der Waals surface area contributed by atoms with Gasteiger partial charge in [-0.25, -0.2) is 0 Å². The minimum Gasteiger partial charge on any atom is -0.491 e. The molecule has 1 atom stereocenters. The van der Waals surface area contributed by atoms with Crippen molar-refractivity contribution >= 4 is 17.5 Å². The molecule has 2 aliphatic heterocycles. The summed E-state index contributed by atoms with van der Waals surface area (Å²) in [6.07, 6.45) is 0.995. The lowest BCUT2D eigenvalue weighted by Crippen LogP contribution is -2.48. The molecule has 0 radical (unpaired) electrons. The summed E-state index contributed by atoms with van der Waals surface area (Å²) in [6.45, 7) is 5.41. The molecule has 0 spiro atoms. The predicted molar refractivity (Wildman–Crippen MR) is 102 cm³/mol. The molecule has 2 heterocycles. The molecule has 0 bridgehead atoms. The second kappa shape index (κ2) is 7.29. The normalized spacial score (nSPS) is 18.3. The van der Waals surface area contributed by atoms with Crippen LogP contribution in [0.4, 0.5) is 0 Å². The third kappa shape index (κ3) is 3.44. The molecule has 0 aromatic heterocycles.